The van der Waals surface area contributed by atoms with Gasteiger partial charge in [-0.15, -0.1) is 0 Å². The molecule has 0 fully saturated rings. The molecule has 0 aromatic heterocycles. The number of rotatable bonds is 8. The number of hydrogen-bond acceptors (Lipinski definition) is 11. The molecule has 8 N–H and O–H groups in total. The number of aliphatic hydroxyl groups is 8. The van der Waals surface area contributed by atoms with Crippen LogP contribution in [0.2, 0.25) is 0 Å². The van der Waals surface area contributed by atoms with Crippen molar-refractivity contribution in [2.75, 3.05) is 50.8 Å². The normalized spacial score (nSPS) is 10.9. The second-order valence-corrected chi connectivity index (χ2v) is 11.7. The molecular weight excluding hydrogens is 346 g/mol. The summed E-state index contributed by atoms with van der Waals surface area (Å²) in [6.07, 6.45) is -4.69. The van der Waals surface area contributed by atoms with Crippen molar-refractivity contribution in [3.8, 4) is 0 Å². The maximum Gasteiger partial charge on any atom is 0.161 e. The molecule has 13 heteroatoms. The quantitative estimate of drug-likeness (QED) is 0.189. The van der Waals surface area contributed by atoms with Gasteiger partial charge in [-0.25, -0.2) is 0 Å². The molecule has 0 atom stereocenters. The molecule has 0 rings (SSSR count). The summed E-state index contributed by atoms with van der Waals surface area (Å²) >= 11 is 0. The monoisotopic (exact) mass is 370 g/mol. The van der Waals surface area contributed by atoms with Gasteiger partial charge in [-0.2, -0.15) is 0 Å². The van der Waals surface area contributed by atoms with Crippen molar-refractivity contribution in [2.45, 2.75) is 0 Å². The molecular formula is C9H24O11P2. The lowest BCUT2D eigenvalue weighted by Gasteiger charge is -2.15. The van der Waals surface area contributed by atoms with Crippen LogP contribution in [0.4, 0.5) is 4.79 Å². The van der Waals surface area contributed by atoms with Gasteiger partial charge in [-0.3, -0.25) is 0 Å². The fraction of sp³-hybridized carbons (Fsp3) is 0.889. The Kier molecular flexibility index (Phi) is 19.0. The average Bonchev–Trinajstić information content (AvgIpc) is 2.53. The molecule has 0 heterocycles. The summed E-state index contributed by atoms with van der Waals surface area (Å²) in [5.41, 5.74) is 0. The van der Waals surface area contributed by atoms with Crippen LogP contribution in [0.3, 0.4) is 0 Å². The van der Waals surface area contributed by atoms with Crippen molar-refractivity contribution in [2.24, 2.45) is 0 Å². The fourth-order valence-electron chi connectivity index (χ4n) is 0.537. The Morgan fingerprint density at radius 1 is 0.545 bits per heavy atom. The van der Waals surface area contributed by atoms with Crippen molar-refractivity contribution < 1.29 is 55.9 Å². The first-order chi connectivity index (χ1) is 10.2. The van der Waals surface area contributed by atoms with E-state index in [1.54, 1.807) is 0 Å². The largest absolute Gasteiger partial charge is 0.652 e. The number of carboxylic acid groups (broad SMARTS) is 2. The van der Waals surface area contributed by atoms with E-state index in [1.165, 1.54) is 0 Å². The zero-order valence-electron chi connectivity index (χ0n) is 11.9. The summed E-state index contributed by atoms with van der Waals surface area (Å²) in [5, 5.41) is 85.0. The molecule has 0 aliphatic rings. The Labute approximate surface area is 128 Å². The molecule has 0 saturated heterocycles. The van der Waals surface area contributed by atoms with Gasteiger partial charge in [0.15, 0.2) is 50.8 Å². The van der Waals surface area contributed by atoms with E-state index < -0.39 is 20.7 Å². The maximum atomic E-state index is 8.55. The van der Waals surface area contributed by atoms with Crippen LogP contribution >= 0.6 is 14.5 Å². The molecule has 136 valence electrons. The lowest BCUT2D eigenvalue weighted by molar-refractivity contribution is -0.415. The minimum absolute atomic E-state index is 0.295. The van der Waals surface area contributed by atoms with Crippen molar-refractivity contribution in [3.05, 3.63) is 0 Å². The summed E-state index contributed by atoms with van der Waals surface area (Å²) in [7, 11) is -4.40. The third-order valence-electron chi connectivity index (χ3n) is 2.40. The van der Waals surface area contributed by atoms with E-state index in [1.807, 2.05) is 0 Å². The SMILES string of the molecule is O=C([O-])[O-].OC[P+](CO)(CO)CO.OC[P+](CO)(CO)CO. The molecule has 0 unspecified atom stereocenters. The standard InChI is InChI=1S/2C4H12O4P.CH2O3/c2*5-1-9(2-6,3-7)4-8;2-1(3)4/h2*5-8H,1-4H2;(H2,2,3,4)/q2*+1;/p-2. The first-order valence-electron chi connectivity index (χ1n) is 5.67. The Hall–Kier alpha value is -0.190. The van der Waals surface area contributed by atoms with Gasteiger partial charge in [0.05, 0.1) is 0 Å². The number of hydrogen-bond donors (Lipinski definition) is 8. The molecule has 0 aromatic carbocycles. The highest BCUT2D eigenvalue weighted by Crippen LogP contribution is 2.55. The molecule has 0 aromatic rings. The van der Waals surface area contributed by atoms with Crippen LogP contribution in [0, 0.1) is 0 Å². The second-order valence-electron chi connectivity index (χ2n) is 4.06. The zero-order chi connectivity index (χ0) is 18.2. The second kappa shape index (κ2) is 15.7. The molecule has 0 saturated carbocycles. The van der Waals surface area contributed by atoms with E-state index in [-0.39, 0.29) is 50.8 Å². The van der Waals surface area contributed by atoms with Gasteiger partial charge in [-0.05, 0) is 6.16 Å². The van der Waals surface area contributed by atoms with Crippen LogP contribution < -0.4 is 10.2 Å². The highest BCUT2D eigenvalue weighted by molar-refractivity contribution is 7.75. The van der Waals surface area contributed by atoms with Gasteiger partial charge >= 0.3 is 0 Å². The Morgan fingerprint density at radius 3 is 0.636 bits per heavy atom. The van der Waals surface area contributed by atoms with Gasteiger partial charge < -0.3 is 55.9 Å². The molecule has 0 amide bonds. The Bertz CT molecular complexity index is 199. The first-order valence-corrected chi connectivity index (χ1v) is 10.7. The van der Waals surface area contributed by atoms with Crippen LogP contribution in [-0.4, -0.2) is 97.8 Å². The summed E-state index contributed by atoms with van der Waals surface area (Å²) in [5.74, 6) is 0. The molecule has 0 spiro atoms. The van der Waals surface area contributed by atoms with Crippen molar-refractivity contribution in [1.82, 2.24) is 0 Å². The van der Waals surface area contributed by atoms with Gasteiger partial charge in [0.25, 0.3) is 0 Å². The van der Waals surface area contributed by atoms with Crippen molar-refractivity contribution in [1.29, 1.82) is 0 Å². The summed E-state index contributed by atoms with van der Waals surface area (Å²) < 4.78 is 0. The van der Waals surface area contributed by atoms with Crippen molar-refractivity contribution >= 4 is 20.7 Å². The van der Waals surface area contributed by atoms with Gasteiger partial charge in [0.1, 0.15) is 14.5 Å². The van der Waals surface area contributed by atoms with Crippen molar-refractivity contribution in [3.63, 3.8) is 0 Å². The van der Waals surface area contributed by atoms with E-state index in [9.17, 15) is 0 Å². The maximum absolute atomic E-state index is 8.55. The zero-order valence-corrected chi connectivity index (χ0v) is 13.6. The van der Waals surface area contributed by atoms with Gasteiger partial charge in [0, 0.05) is 0 Å². The van der Waals surface area contributed by atoms with Crippen LogP contribution in [0.15, 0.2) is 0 Å². The molecule has 22 heavy (non-hydrogen) atoms. The minimum atomic E-state index is -2.33. The lowest BCUT2D eigenvalue weighted by Crippen LogP contribution is -2.37. The Morgan fingerprint density at radius 2 is 0.636 bits per heavy atom. The number of carbonyl (C=O) groups excluding carboxylic acids is 1. The van der Waals surface area contributed by atoms with E-state index in [0.29, 0.717) is 0 Å². The summed E-state index contributed by atoms with van der Waals surface area (Å²) in [4.78, 5) is 8.33. The average molecular weight is 370 g/mol. The molecule has 11 nitrogen and oxygen atoms in total. The minimum Gasteiger partial charge on any atom is -0.652 e. The number of carbonyl (C=O) groups is 1. The Balaban J connectivity index is -0.000000266. The van der Waals surface area contributed by atoms with E-state index in [4.69, 9.17) is 55.9 Å². The van der Waals surface area contributed by atoms with E-state index in [0.717, 1.165) is 0 Å². The summed E-state index contributed by atoms with van der Waals surface area (Å²) in [6.45, 7) is 0. The number of aliphatic hydroxyl groups excluding tert-OH is 8. The first kappa shape index (κ1) is 26.7. The predicted octanol–water partition coefficient (Wildman–Crippen LogP) is -4.84. The fourth-order valence-corrected chi connectivity index (χ4v) is 1.61. The smallest absolute Gasteiger partial charge is 0.161 e. The van der Waals surface area contributed by atoms with E-state index in [2.05, 4.69) is 0 Å². The molecule has 0 aliphatic heterocycles. The summed E-state index contributed by atoms with van der Waals surface area (Å²) in [6, 6.07) is 0. The third kappa shape index (κ3) is 12.4. The predicted molar refractivity (Wildman–Crippen MR) is 75.9 cm³/mol. The van der Waals surface area contributed by atoms with Crippen LogP contribution in [-0.2, 0) is 0 Å². The topological polar surface area (TPSA) is 225 Å². The molecule has 0 aliphatic carbocycles. The van der Waals surface area contributed by atoms with Crippen LogP contribution in [0.5, 0.6) is 0 Å². The lowest BCUT2D eigenvalue weighted by atomic mass is 11.5. The van der Waals surface area contributed by atoms with Gasteiger partial charge in [-0.1, -0.05) is 0 Å². The molecule has 0 radical (unpaired) electrons. The third-order valence-corrected chi connectivity index (χ3v) is 7.20. The van der Waals surface area contributed by atoms with Crippen LogP contribution in [0.1, 0.15) is 0 Å². The molecule has 0 bridgehead atoms. The van der Waals surface area contributed by atoms with E-state index >= 15 is 0 Å². The highest BCUT2D eigenvalue weighted by Gasteiger charge is 2.35. The van der Waals surface area contributed by atoms with Gasteiger partial charge in [0.2, 0.25) is 0 Å². The van der Waals surface area contributed by atoms with Crippen LogP contribution in [0.25, 0.3) is 0 Å². The highest BCUT2D eigenvalue weighted by atomic mass is 31.2.